The molecule has 0 saturated heterocycles. The molecule has 1 fully saturated rings. The van der Waals surface area contributed by atoms with Crippen molar-refractivity contribution in [2.24, 2.45) is 29.6 Å². The number of amides is 2. The summed E-state index contributed by atoms with van der Waals surface area (Å²) in [4.78, 5) is 36.7. The van der Waals surface area contributed by atoms with Gasteiger partial charge in [0, 0.05) is 0 Å². The molecule has 0 spiro atoms. The molecule has 2 N–H and O–H groups in total. The number of ether oxygens (including phenoxy) is 1. The summed E-state index contributed by atoms with van der Waals surface area (Å²) in [6, 6.07) is -1.25. The number of hydrogen-bond donors (Lipinski definition) is 2. The number of nitrogens with one attached hydrogen (secondary N) is 2. The number of alkyl carbamates (subject to hydrolysis) is 1. The second kappa shape index (κ2) is 12.2. The first kappa shape index (κ1) is 25.4. The van der Waals surface area contributed by atoms with Crippen LogP contribution in [0.5, 0.6) is 0 Å². The molecule has 0 heterocycles. The van der Waals surface area contributed by atoms with Gasteiger partial charge in [-0.15, -0.1) is 0 Å². The molecule has 168 valence electrons. The van der Waals surface area contributed by atoms with Crippen LogP contribution in [-0.4, -0.2) is 36.5 Å². The van der Waals surface area contributed by atoms with Crippen LogP contribution < -0.4 is 10.6 Å². The summed E-state index contributed by atoms with van der Waals surface area (Å²) in [5.74, 6) is 1.49. The van der Waals surface area contributed by atoms with Crippen LogP contribution in [0.15, 0.2) is 0 Å². The zero-order chi connectivity index (χ0) is 22.1. The van der Waals surface area contributed by atoms with Gasteiger partial charge in [0.15, 0.2) is 0 Å². The van der Waals surface area contributed by atoms with Gasteiger partial charge in [-0.1, -0.05) is 54.9 Å². The Morgan fingerprint density at radius 2 is 1.62 bits per heavy atom. The van der Waals surface area contributed by atoms with E-state index >= 15 is 0 Å². The molecular weight excluding hydrogens is 368 g/mol. The van der Waals surface area contributed by atoms with Crippen molar-refractivity contribution >= 4 is 18.3 Å². The van der Waals surface area contributed by atoms with E-state index in [2.05, 4.69) is 31.4 Å². The van der Waals surface area contributed by atoms with Crippen molar-refractivity contribution in [3.8, 4) is 0 Å². The van der Waals surface area contributed by atoms with Gasteiger partial charge in [0.05, 0.1) is 6.04 Å². The van der Waals surface area contributed by atoms with Crippen LogP contribution >= 0.6 is 0 Å². The van der Waals surface area contributed by atoms with Gasteiger partial charge in [-0.25, -0.2) is 4.79 Å². The van der Waals surface area contributed by atoms with Gasteiger partial charge in [0.1, 0.15) is 18.4 Å². The summed E-state index contributed by atoms with van der Waals surface area (Å²) in [5.41, 5.74) is 0. The molecule has 0 bridgehead atoms. The van der Waals surface area contributed by atoms with E-state index in [1.807, 2.05) is 27.7 Å². The van der Waals surface area contributed by atoms with Crippen molar-refractivity contribution in [2.45, 2.75) is 98.8 Å². The zero-order valence-electron chi connectivity index (χ0n) is 19.4. The Morgan fingerprint density at radius 3 is 2.14 bits per heavy atom. The first-order chi connectivity index (χ1) is 13.5. The smallest absolute Gasteiger partial charge is 0.408 e. The van der Waals surface area contributed by atoms with E-state index < -0.39 is 18.2 Å². The largest absolute Gasteiger partial charge is 0.446 e. The van der Waals surface area contributed by atoms with Crippen molar-refractivity contribution in [1.29, 1.82) is 0 Å². The Labute approximate surface area is 176 Å². The molecular formula is C23H42N2O4. The molecule has 6 heteroatoms. The summed E-state index contributed by atoms with van der Waals surface area (Å²) >= 11 is 0. The molecule has 29 heavy (non-hydrogen) atoms. The maximum absolute atomic E-state index is 12.7. The Morgan fingerprint density at radius 1 is 1.00 bits per heavy atom. The molecule has 0 aromatic carbocycles. The Hall–Kier alpha value is -1.59. The fraction of sp³-hybridized carbons (Fsp3) is 0.870. The lowest BCUT2D eigenvalue weighted by Crippen LogP contribution is -2.51. The number of carbonyl (C=O) groups excluding carboxylic acids is 3. The third kappa shape index (κ3) is 9.18. The van der Waals surface area contributed by atoms with Crippen LogP contribution in [0.2, 0.25) is 0 Å². The fourth-order valence-electron chi connectivity index (χ4n) is 4.21. The standard InChI is InChI=1S/C23H42N2O4/c1-14(2)10-18(13-26)24-22(27)20(11-15(3)4)25-23(28)29-21-12-17(7)8-9-19(21)16(5)6/h13-21H,8-12H2,1-7H3,(H,24,27)(H,25,28). The summed E-state index contributed by atoms with van der Waals surface area (Å²) in [6.07, 6.45) is 4.24. The highest BCUT2D eigenvalue weighted by molar-refractivity contribution is 5.87. The minimum Gasteiger partial charge on any atom is -0.446 e. The van der Waals surface area contributed by atoms with Gasteiger partial charge in [-0.2, -0.15) is 0 Å². The fourth-order valence-corrected chi connectivity index (χ4v) is 4.21. The summed E-state index contributed by atoms with van der Waals surface area (Å²) < 4.78 is 5.79. The Balaban J connectivity index is 2.76. The quantitative estimate of drug-likeness (QED) is 0.525. The first-order valence-electron chi connectivity index (χ1n) is 11.3. The molecule has 5 unspecified atom stereocenters. The topological polar surface area (TPSA) is 84.5 Å². The van der Waals surface area contributed by atoms with Crippen molar-refractivity contribution in [3.63, 3.8) is 0 Å². The van der Waals surface area contributed by atoms with Crippen molar-refractivity contribution in [1.82, 2.24) is 10.6 Å². The Bertz CT molecular complexity index is 533. The second-order valence-electron chi connectivity index (χ2n) is 9.98. The maximum atomic E-state index is 12.7. The lowest BCUT2D eigenvalue weighted by molar-refractivity contribution is -0.126. The Kier molecular flexibility index (Phi) is 10.7. The summed E-state index contributed by atoms with van der Waals surface area (Å²) in [7, 11) is 0. The van der Waals surface area contributed by atoms with E-state index in [0.717, 1.165) is 25.5 Å². The highest BCUT2D eigenvalue weighted by Gasteiger charge is 2.34. The van der Waals surface area contributed by atoms with E-state index in [1.54, 1.807) is 0 Å². The van der Waals surface area contributed by atoms with Gasteiger partial charge in [0.2, 0.25) is 5.91 Å². The first-order valence-corrected chi connectivity index (χ1v) is 11.3. The molecule has 1 aliphatic rings. The van der Waals surface area contributed by atoms with Crippen LogP contribution in [-0.2, 0) is 14.3 Å². The monoisotopic (exact) mass is 410 g/mol. The number of rotatable bonds is 10. The van der Waals surface area contributed by atoms with E-state index in [4.69, 9.17) is 4.74 Å². The predicted molar refractivity (Wildman–Crippen MR) is 115 cm³/mol. The van der Waals surface area contributed by atoms with Crippen LogP contribution in [0.25, 0.3) is 0 Å². The molecule has 6 nitrogen and oxygen atoms in total. The van der Waals surface area contributed by atoms with Gasteiger partial charge in [-0.05, 0) is 55.3 Å². The minimum atomic E-state index is -0.712. The van der Waals surface area contributed by atoms with Crippen molar-refractivity contribution in [3.05, 3.63) is 0 Å². The van der Waals surface area contributed by atoms with E-state index in [9.17, 15) is 14.4 Å². The highest BCUT2D eigenvalue weighted by atomic mass is 16.6. The number of aldehydes is 1. The lowest BCUT2D eigenvalue weighted by Gasteiger charge is -2.37. The molecule has 0 aliphatic heterocycles. The molecule has 0 aromatic heterocycles. The van der Waals surface area contributed by atoms with Crippen LogP contribution in [0, 0.1) is 29.6 Å². The molecule has 0 radical (unpaired) electrons. The van der Waals surface area contributed by atoms with Gasteiger partial charge in [0.25, 0.3) is 0 Å². The highest BCUT2D eigenvalue weighted by Crippen LogP contribution is 2.35. The normalized spacial score (nSPS) is 24.3. The zero-order valence-corrected chi connectivity index (χ0v) is 19.4. The summed E-state index contributed by atoms with van der Waals surface area (Å²) in [6.45, 7) is 14.5. The van der Waals surface area contributed by atoms with Crippen LogP contribution in [0.3, 0.4) is 0 Å². The van der Waals surface area contributed by atoms with Crippen molar-refractivity contribution in [2.75, 3.05) is 0 Å². The predicted octanol–water partition coefficient (Wildman–Crippen LogP) is 4.32. The maximum Gasteiger partial charge on any atom is 0.408 e. The minimum absolute atomic E-state index is 0.120. The van der Waals surface area contributed by atoms with E-state index in [1.165, 1.54) is 0 Å². The summed E-state index contributed by atoms with van der Waals surface area (Å²) in [5, 5.41) is 5.53. The van der Waals surface area contributed by atoms with Gasteiger partial charge in [-0.3, -0.25) is 4.79 Å². The average molecular weight is 411 g/mol. The van der Waals surface area contributed by atoms with Crippen LogP contribution in [0.4, 0.5) is 4.79 Å². The number of hydrogen-bond acceptors (Lipinski definition) is 4. The molecule has 2 amide bonds. The van der Waals surface area contributed by atoms with Crippen LogP contribution in [0.1, 0.15) is 80.6 Å². The average Bonchev–Trinajstić information content (AvgIpc) is 2.59. The van der Waals surface area contributed by atoms with E-state index in [0.29, 0.717) is 30.6 Å². The lowest BCUT2D eigenvalue weighted by atomic mass is 9.75. The molecule has 1 rings (SSSR count). The van der Waals surface area contributed by atoms with Gasteiger partial charge < -0.3 is 20.2 Å². The second-order valence-corrected chi connectivity index (χ2v) is 9.98. The third-order valence-electron chi connectivity index (χ3n) is 5.75. The SMILES string of the molecule is CC(C)CC(C=O)NC(=O)C(CC(C)C)NC(=O)OC1CC(C)CCC1C(C)C. The van der Waals surface area contributed by atoms with E-state index in [-0.39, 0.29) is 23.8 Å². The molecule has 5 atom stereocenters. The molecule has 1 aliphatic carbocycles. The van der Waals surface area contributed by atoms with Crippen molar-refractivity contribution < 1.29 is 19.1 Å². The molecule has 0 aromatic rings. The number of carbonyl (C=O) groups is 3. The molecule has 1 saturated carbocycles. The van der Waals surface area contributed by atoms with Gasteiger partial charge >= 0.3 is 6.09 Å². The third-order valence-corrected chi connectivity index (χ3v) is 5.75.